The van der Waals surface area contributed by atoms with Crippen molar-refractivity contribution in [1.82, 2.24) is 0 Å². The molecule has 2 rings (SSSR count). The minimum Gasteiger partial charge on any atom is -0.478 e. The van der Waals surface area contributed by atoms with Crippen LogP contribution in [0.2, 0.25) is 0 Å². The van der Waals surface area contributed by atoms with Gasteiger partial charge in [-0.3, -0.25) is 4.79 Å². The first-order chi connectivity index (χ1) is 11.5. The van der Waals surface area contributed by atoms with Gasteiger partial charge in [0.2, 0.25) is 0 Å². The van der Waals surface area contributed by atoms with Crippen molar-refractivity contribution in [3.05, 3.63) is 65.5 Å². The highest BCUT2D eigenvalue weighted by Crippen LogP contribution is 2.22. The molecule has 0 bridgehead atoms. The molecule has 24 heavy (non-hydrogen) atoms. The molecule has 0 fully saturated rings. The number of carbonyl (C=O) groups is 2. The second kappa shape index (κ2) is 8.21. The van der Waals surface area contributed by atoms with E-state index in [1.165, 1.54) is 35.2 Å². The van der Waals surface area contributed by atoms with Crippen LogP contribution in [-0.4, -0.2) is 36.7 Å². The van der Waals surface area contributed by atoms with Crippen molar-refractivity contribution in [3.8, 4) is 0 Å². The van der Waals surface area contributed by atoms with Gasteiger partial charge in [0.1, 0.15) is 5.82 Å². The largest absolute Gasteiger partial charge is 0.478 e. The van der Waals surface area contributed by atoms with Crippen molar-refractivity contribution in [2.45, 2.75) is 6.92 Å². The summed E-state index contributed by atoms with van der Waals surface area (Å²) in [4.78, 5) is 25.6. The van der Waals surface area contributed by atoms with Crippen molar-refractivity contribution in [2.75, 3.05) is 24.7 Å². The molecule has 0 radical (unpaired) electrons. The number of rotatable bonds is 7. The Morgan fingerprint density at radius 3 is 2.42 bits per heavy atom. The van der Waals surface area contributed by atoms with Crippen LogP contribution in [0.5, 0.6) is 0 Å². The maximum Gasteiger partial charge on any atom is 0.337 e. The van der Waals surface area contributed by atoms with Gasteiger partial charge in [0.25, 0.3) is 5.91 Å². The molecule has 2 aromatic carbocycles. The average molecular weight is 331 g/mol. The number of carboxylic acids is 1. The molecule has 1 N–H and O–H groups in total. The maximum atomic E-state index is 13.1. The molecule has 126 valence electrons. The molecule has 5 nitrogen and oxygen atoms in total. The van der Waals surface area contributed by atoms with Crippen molar-refractivity contribution in [1.29, 1.82) is 0 Å². The van der Waals surface area contributed by atoms with Gasteiger partial charge >= 0.3 is 5.97 Å². The van der Waals surface area contributed by atoms with E-state index in [0.29, 0.717) is 6.61 Å². The molecule has 6 heteroatoms. The molecular formula is C18H18FNO4. The SMILES string of the molecule is CCOCCN(C(=O)c1ccc(F)cc1)c1ccccc1C(=O)O. The van der Waals surface area contributed by atoms with Crippen LogP contribution in [0, 0.1) is 5.82 Å². The van der Waals surface area contributed by atoms with E-state index in [4.69, 9.17) is 4.74 Å². The number of hydrogen-bond donors (Lipinski definition) is 1. The number of anilines is 1. The van der Waals surface area contributed by atoms with Gasteiger partial charge < -0.3 is 14.7 Å². The first kappa shape index (κ1) is 17.6. The van der Waals surface area contributed by atoms with Gasteiger partial charge in [-0.15, -0.1) is 0 Å². The fourth-order valence-corrected chi connectivity index (χ4v) is 2.27. The monoisotopic (exact) mass is 331 g/mol. The first-order valence-corrected chi connectivity index (χ1v) is 7.52. The number of benzene rings is 2. The van der Waals surface area contributed by atoms with Crippen LogP contribution in [0.3, 0.4) is 0 Å². The van der Waals surface area contributed by atoms with E-state index < -0.39 is 17.7 Å². The summed E-state index contributed by atoms with van der Waals surface area (Å²) in [6.07, 6.45) is 0. The summed E-state index contributed by atoms with van der Waals surface area (Å²) in [5.41, 5.74) is 0.566. The lowest BCUT2D eigenvalue weighted by Crippen LogP contribution is -2.35. The Morgan fingerprint density at radius 2 is 1.79 bits per heavy atom. The van der Waals surface area contributed by atoms with Gasteiger partial charge in [-0.25, -0.2) is 9.18 Å². The van der Waals surface area contributed by atoms with Gasteiger partial charge in [-0.1, -0.05) is 12.1 Å². The van der Waals surface area contributed by atoms with Crippen molar-refractivity contribution < 1.29 is 23.8 Å². The second-order valence-electron chi connectivity index (χ2n) is 4.98. The molecule has 0 saturated heterocycles. The summed E-state index contributed by atoms with van der Waals surface area (Å²) < 4.78 is 18.4. The van der Waals surface area contributed by atoms with E-state index in [1.54, 1.807) is 18.2 Å². The van der Waals surface area contributed by atoms with Crippen molar-refractivity contribution in [2.24, 2.45) is 0 Å². The molecule has 0 aliphatic rings. The lowest BCUT2D eigenvalue weighted by molar-refractivity contribution is 0.0697. The molecule has 0 unspecified atom stereocenters. The third-order valence-corrected chi connectivity index (χ3v) is 3.42. The van der Waals surface area contributed by atoms with Crippen molar-refractivity contribution in [3.63, 3.8) is 0 Å². The zero-order valence-corrected chi connectivity index (χ0v) is 13.2. The summed E-state index contributed by atoms with van der Waals surface area (Å²) in [6, 6.07) is 11.4. The van der Waals surface area contributed by atoms with Crippen LogP contribution in [0.25, 0.3) is 0 Å². The van der Waals surface area contributed by atoms with Gasteiger partial charge in [-0.2, -0.15) is 0 Å². The molecule has 0 aromatic heterocycles. The number of aromatic carboxylic acids is 1. The van der Waals surface area contributed by atoms with E-state index in [9.17, 15) is 19.1 Å². The third-order valence-electron chi connectivity index (χ3n) is 3.42. The van der Waals surface area contributed by atoms with Crippen LogP contribution in [-0.2, 0) is 4.74 Å². The highest BCUT2D eigenvalue weighted by molar-refractivity contribution is 6.09. The molecule has 0 aliphatic heterocycles. The van der Waals surface area contributed by atoms with E-state index in [1.807, 2.05) is 6.92 Å². The van der Waals surface area contributed by atoms with Gasteiger partial charge in [0.15, 0.2) is 0 Å². The zero-order valence-electron chi connectivity index (χ0n) is 13.2. The average Bonchev–Trinajstić information content (AvgIpc) is 2.59. The second-order valence-corrected chi connectivity index (χ2v) is 4.98. The van der Waals surface area contributed by atoms with Crippen LogP contribution < -0.4 is 4.90 Å². The quantitative estimate of drug-likeness (QED) is 0.791. The number of carboxylic acid groups (broad SMARTS) is 1. The summed E-state index contributed by atoms with van der Waals surface area (Å²) >= 11 is 0. The number of carbonyl (C=O) groups excluding carboxylic acids is 1. The zero-order chi connectivity index (χ0) is 17.5. The summed E-state index contributed by atoms with van der Waals surface area (Å²) in [5, 5.41) is 9.36. The maximum absolute atomic E-state index is 13.1. The van der Waals surface area contributed by atoms with Crippen LogP contribution in [0.1, 0.15) is 27.6 Å². The first-order valence-electron chi connectivity index (χ1n) is 7.52. The molecule has 1 amide bonds. The molecule has 2 aromatic rings. The predicted molar refractivity (Wildman–Crippen MR) is 88.0 cm³/mol. The Bertz CT molecular complexity index is 715. The number of nitrogens with zero attached hydrogens (tertiary/aromatic N) is 1. The number of amides is 1. The lowest BCUT2D eigenvalue weighted by atomic mass is 10.1. The van der Waals surface area contributed by atoms with E-state index >= 15 is 0 Å². The third kappa shape index (κ3) is 4.17. The smallest absolute Gasteiger partial charge is 0.337 e. The summed E-state index contributed by atoms with van der Waals surface area (Å²) in [5.74, 6) is -1.99. The molecule has 0 spiro atoms. The normalized spacial score (nSPS) is 10.4. The Hall–Kier alpha value is -2.73. The van der Waals surface area contributed by atoms with Gasteiger partial charge in [0.05, 0.1) is 17.9 Å². The summed E-state index contributed by atoms with van der Waals surface area (Å²) in [7, 11) is 0. The van der Waals surface area contributed by atoms with E-state index in [2.05, 4.69) is 0 Å². The lowest BCUT2D eigenvalue weighted by Gasteiger charge is -2.24. The fourth-order valence-electron chi connectivity index (χ4n) is 2.27. The topological polar surface area (TPSA) is 66.8 Å². The highest BCUT2D eigenvalue weighted by atomic mass is 19.1. The van der Waals surface area contributed by atoms with Crippen LogP contribution in [0.15, 0.2) is 48.5 Å². The van der Waals surface area contributed by atoms with Gasteiger partial charge in [-0.05, 0) is 43.3 Å². The predicted octanol–water partition coefficient (Wildman–Crippen LogP) is 3.21. The minimum atomic E-state index is -1.13. The standard InChI is InChI=1S/C18H18FNO4/c1-2-24-12-11-20(16-6-4-3-5-15(16)18(22)23)17(21)13-7-9-14(19)10-8-13/h3-10H,2,11-12H2,1H3,(H,22,23). The highest BCUT2D eigenvalue weighted by Gasteiger charge is 2.22. The van der Waals surface area contributed by atoms with E-state index in [-0.39, 0.29) is 30.0 Å². The minimum absolute atomic E-state index is 0.0180. The Kier molecular flexibility index (Phi) is 6.03. The number of para-hydroxylation sites is 1. The molecule has 0 atom stereocenters. The fraction of sp³-hybridized carbons (Fsp3) is 0.222. The Labute approximate surface area is 139 Å². The molecule has 0 heterocycles. The van der Waals surface area contributed by atoms with Gasteiger partial charge in [0, 0.05) is 18.7 Å². The van der Waals surface area contributed by atoms with E-state index in [0.717, 1.165) is 0 Å². The Morgan fingerprint density at radius 1 is 1.12 bits per heavy atom. The van der Waals surface area contributed by atoms with Crippen LogP contribution in [0.4, 0.5) is 10.1 Å². The van der Waals surface area contributed by atoms with Crippen LogP contribution >= 0.6 is 0 Å². The Balaban J connectivity index is 2.39. The molecular weight excluding hydrogens is 313 g/mol. The number of hydrogen-bond acceptors (Lipinski definition) is 3. The molecule has 0 saturated carbocycles. The summed E-state index contributed by atoms with van der Waals surface area (Å²) in [6.45, 7) is 2.77. The number of ether oxygens (including phenoxy) is 1. The molecule has 0 aliphatic carbocycles. The number of halogens is 1. The van der Waals surface area contributed by atoms with Crippen molar-refractivity contribution >= 4 is 17.6 Å².